The molecule has 0 aliphatic carbocycles. The third kappa shape index (κ3) is 2.16. The second-order valence-corrected chi connectivity index (χ2v) is 5.89. The summed E-state index contributed by atoms with van der Waals surface area (Å²) in [6.07, 6.45) is 0. The largest absolute Gasteiger partial charge is 0.379 e. The van der Waals surface area contributed by atoms with Gasteiger partial charge in [0.2, 0.25) is 0 Å². The molecule has 4 heteroatoms. The van der Waals surface area contributed by atoms with Crippen LogP contribution in [-0.4, -0.2) is 30.8 Å². The smallest absolute Gasteiger partial charge is 0.101 e. The number of aromatic nitrogens is 1. The quantitative estimate of drug-likeness (QED) is 0.923. The number of rotatable bonds is 3. The lowest BCUT2D eigenvalue weighted by atomic mass is 10.1. The van der Waals surface area contributed by atoms with Gasteiger partial charge in [-0.15, -0.1) is 11.3 Å². The lowest BCUT2D eigenvalue weighted by molar-refractivity contribution is 0.188. The highest BCUT2D eigenvalue weighted by Gasteiger charge is 2.31. The highest BCUT2D eigenvalue weighted by atomic mass is 32.1. The number of ether oxygens (including phenoxy) is 1. The minimum absolute atomic E-state index is 0.405. The Labute approximate surface area is 111 Å². The summed E-state index contributed by atoms with van der Waals surface area (Å²) in [5.74, 6) is 0.405. The van der Waals surface area contributed by atoms with E-state index in [-0.39, 0.29) is 0 Å². The molecule has 3 nitrogen and oxygen atoms in total. The van der Waals surface area contributed by atoms with E-state index < -0.39 is 0 Å². The fraction of sp³-hybridized carbons (Fsp3) is 0.500. The average Bonchev–Trinajstić information content (AvgIpc) is 2.94. The molecule has 0 saturated carbocycles. The predicted octanol–water partition coefficient (Wildman–Crippen LogP) is 2.70. The van der Waals surface area contributed by atoms with Gasteiger partial charge in [-0.25, -0.2) is 4.98 Å². The Morgan fingerprint density at radius 1 is 1.44 bits per heavy atom. The Bertz CT molecular complexity index is 552. The van der Waals surface area contributed by atoms with E-state index in [1.165, 1.54) is 15.3 Å². The van der Waals surface area contributed by atoms with E-state index in [2.05, 4.69) is 37.4 Å². The maximum Gasteiger partial charge on any atom is 0.101 e. The van der Waals surface area contributed by atoms with Crippen LogP contribution in [0.25, 0.3) is 10.2 Å². The number of aryl methyl sites for hydroxylation is 1. The second kappa shape index (κ2) is 4.96. The molecule has 1 fully saturated rings. The van der Waals surface area contributed by atoms with Gasteiger partial charge in [0.25, 0.3) is 0 Å². The summed E-state index contributed by atoms with van der Waals surface area (Å²) in [4.78, 5) is 4.77. The summed E-state index contributed by atoms with van der Waals surface area (Å²) < 4.78 is 6.88. The average molecular weight is 262 g/mol. The van der Waals surface area contributed by atoms with Crippen molar-refractivity contribution in [2.24, 2.45) is 0 Å². The van der Waals surface area contributed by atoms with Crippen LogP contribution in [0.15, 0.2) is 18.2 Å². The van der Waals surface area contributed by atoms with Gasteiger partial charge in [0.15, 0.2) is 0 Å². The number of hydrogen-bond acceptors (Lipinski definition) is 4. The number of nitrogens with zero attached hydrogens (tertiary/aromatic N) is 1. The van der Waals surface area contributed by atoms with Gasteiger partial charge in [0.05, 0.1) is 29.3 Å². The number of likely N-dealkylation sites (N-methyl/N-ethyl adjacent to an activating group) is 1. The molecule has 0 amide bonds. The Kier molecular flexibility index (Phi) is 3.33. The summed E-state index contributed by atoms with van der Waals surface area (Å²) in [5, 5.41) is 4.70. The van der Waals surface area contributed by atoms with E-state index in [0.29, 0.717) is 12.0 Å². The number of thiazole rings is 1. The summed E-state index contributed by atoms with van der Waals surface area (Å²) in [6.45, 7) is 6.83. The molecular weight excluding hydrogens is 244 g/mol. The third-order valence-electron chi connectivity index (χ3n) is 3.42. The highest BCUT2D eigenvalue weighted by Crippen LogP contribution is 2.32. The van der Waals surface area contributed by atoms with Crippen LogP contribution in [0.2, 0.25) is 0 Å². The highest BCUT2D eigenvalue weighted by molar-refractivity contribution is 7.18. The van der Waals surface area contributed by atoms with Crippen molar-refractivity contribution < 1.29 is 4.74 Å². The third-order valence-corrected chi connectivity index (χ3v) is 4.57. The van der Waals surface area contributed by atoms with Gasteiger partial charge in [0.1, 0.15) is 5.01 Å². The first-order valence-electron chi connectivity index (χ1n) is 6.46. The summed E-state index contributed by atoms with van der Waals surface area (Å²) >= 11 is 1.81. The number of benzene rings is 1. The Morgan fingerprint density at radius 3 is 3.17 bits per heavy atom. The zero-order valence-corrected chi connectivity index (χ0v) is 11.6. The van der Waals surface area contributed by atoms with Crippen molar-refractivity contribution in [1.82, 2.24) is 10.3 Å². The first-order chi connectivity index (χ1) is 8.78. The molecule has 2 aromatic rings. The SMILES string of the molecule is CCNC1COCC1c1nc2ccc(C)cc2s1. The van der Waals surface area contributed by atoms with E-state index in [0.717, 1.165) is 25.3 Å². The Balaban J connectivity index is 1.93. The maximum atomic E-state index is 5.60. The molecule has 1 aliphatic rings. The van der Waals surface area contributed by atoms with E-state index in [1.54, 1.807) is 0 Å². The number of hydrogen-bond donors (Lipinski definition) is 1. The molecule has 0 spiro atoms. The lowest BCUT2D eigenvalue weighted by Crippen LogP contribution is -2.34. The molecule has 2 atom stereocenters. The normalized spacial score (nSPS) is 23.9. The fourth-order valence-corrected chi connectivity index (χ4v) is 3.69. The van der Waals surface area contributed by atoms with Gasteiger partial charge in [0, 0.05) is 6.04 Å². The van der Waals surface area contributed by atoms with Gasteiger partial charge < -0.3 is 10.1 Å². The summed E-state index contributed by atoms with van der Waals surface area (Å²) in [6, 6.07) is 6.87. The van der Waals surface area contributed by atoms with Gasteiger partial charge >= 0.3 is 0 Å². The molecular formula is C14H18N2OS. The van der Waals surface area contributed by atoms with Crippen LogP contribution < -0.4 is 5.32 Å². The van der Waals surface area contributed by atoms with Crippen LogP contribution in [0.5, 0.6) is 0 Å². The molecule has 0 radical (unpaired) electrons. The topological polar surface area (TPSA) is 34.1 Å². The van der Waals surface area contributed by atoms with Crippen molar-refractivity contribution in [3.8, 4) is 0 Å². The van der Waals surface area contributed by atoms with Gasteiger partial charge in [-0.3, -0.25) is 0 Å². The molecule has 1 aliphatic heterocycles. The molecule has 1 saturated heterocycles. The van der Waals surface area contributed by atoms with Crippen molar-refractivity contribution in [3.05, 3.63) is 28.8 Å². The Morgan fingerprint density at radius 2 is 2.33 bits per heavy atom. The maximum absolute atomic E-state index is 5.60. The van der Waals surface area contributed by atoms with E-state index in [9.17, 15) is 0 Å². The van der Waals surface area contributed by atoms with Crippen LogP contribution in [0.1, 0.15) is 23.4 Å². The van der Waals surface area contributed by atoms with Gasteiger partial charge in [-0.1, -0.05) is 13.0 Å². The van der Waals surface area contributed by atoms with E-state index in [4.69, 9.17) is 9.72 Å². The van der Waals surface area contributed by atoms with Crippen molar-refractivity contribution in [1.29, 1.82) is 0 Å². The first-order valence-corrected chi connectivity index (χ1v) is 7.28. The number of fused-ring (bicyclic) bond motifs is 1. The standard InChI is InChI=1S/C14H18N2OS/c1-3-15-12-8-17-7-10(12)14-16-11-5-4-9(2)6-13(11)18-14/h4-6,10,12,15H,3,7-8H2,1-2H3. The van der Waals surface area contributed by atoms with Crippen LogP contribution in [0.3, 0.4) is 0 Å². The van der Waals surface area contributed by atoms with Crippen LogP contribution >= 0.6 is 11.3 Å². The van der Waals surface area contributed by atoms with Crippen molar-refractivity contribution in [2.45, 2.75) is 25.8 Å². The second-order valence-electron chi connectivity index (χ2n) is 4.83. The Hall–Kier alpha value is -0.970. The van der Waals surface area contributed by atoms with Gasteiger partial charge in [-0.05, 0) is 31.2 Å². The fourth-order valence-electron chi connectivity index (χ4n) is 2.47. The first kappa shape index (κ1) is 12.1. The molecule has 1 aromatic carbocycles. The van der Waals surface area contributed by atoms with E-state index in [1.807, 2.05) is 11.3 Å². The van der Waals surface area contributed by atoms with Crippen molar-refractivity contribution in [2.75, 3.05) is 19.8 Å². The van der Waals surface area contributed by atoms with Gasteiger partial charge in [-0.2, -0.15) is 0 Å². The molecule has 3 rings (SSSR count). The number of nitrogens with one attached hydrogen (secondary N) is 1. The molecule has 18 heavy (non-hydrogen) atoms. The zero-order valence-electron chi connectivity index (χ0n) is 10.8. The molecule has 1 aromatic heterocycles. The summed E-state index contributed by atoms with van der Waals surface area (Å²) in [7, 11) is 0. The monoisotopic (exact) mass is 262 g/mol. The lowest BCUT2D eigenvalue weighted by Gasteiger charge is -2.15. The van der Waals surface area contributed by atoms with Crippen molar-refractivity contribution >= 4 is 21.6 Å². The zero-order chi connectivity index (χ0) is 12.5. The molecule has 2 unspecified atom stereocenters. The van der Waals surface area contributed by atoms with Crippen LogP contribution in [0, 0.1) is 6.92 Å². The van der Waals surface area contributed by atoms with E-state index >= 15 is 0 Å². The molecule has 1 N–H and O–H groups in total. The van der Waals surface area contributed by atoms with Crippen LogP contribution in [0.4, 0.5) is 0 Å². The summed E-state index contributed by atoms with van der Waals surface area (Å²) in [5.41, 5.74) is 2.41. The van der Waals surface area contributed by atoms with Crippen molar-refractivity contribution in [3.63, 3.8) is 0 Å². The van der Waals surface area contributed by atoms with Crippen LogP contribution in [-0.2, 0) is 4.74 Å². The predicted molar refractivity (Wildman–Crippen MR) is 75.4 cm³/mol. The molecule has 2 heterocycles. The molecule has 96 valence electrons. The minimum atomic E-state index is 0.405. The molecule has 0 bridgehead atoms. The minimum Gasteiger partial charge on any atom is -0.379 e.